The fourth-order valence-corrected chi connectivity index (χ4v) is 3.10. The molecule has 2 N–H and O–H groups in total. The number of rotatable bonds is 8. The largest absolute Gasteiger partial charge is 0.357 e. The molecule has 1 fully saturated rings. The molecule has 1 heterocycles. The molecule has 1 aliphatic carbocycles. The van der Waals surface area contributed by atoms with Gasteiger partial charge in [-0.25, -0.2) is 4.99 Å². The minimum absolute atomic E-state index is 0.630. The lowest BCUT2D eigenvalue weighted by Gasteiger charge is -2.26. The van der Waals surface area contributed by atoms with Crippen LogP contribution in [0.4, 0.5) is 0 Å². The van der Waals surface area contributed by atoms with E-state index in [0.717, 1.165) is 38.2 Å². The van der Waals surface area contributed by atoms with Gasteiger partial charge in [-0.3, -0.25) is 4.90 Å². The first kappa shape index (κ1) is 16.3. The molecule has 1 aromatic rings. The van der Waals surface area contributed by atoms with Gasteiger partial charge in [-0.05, 0) is 45.1 Å². The van der Waals surface area contributed by atoms with E-state index in [4.69, 9.17) is 0 Å². The molecule has 1 aliphatic rings. The fourth-order valence-electron chi connectivity index (χ4n) is 2.47. The average Bonchev–Trinajstić information content (AvgIpc) is 3.15. The van der Waals surface area contributed by atoms with E-state index < -0.39 is 0 Å². The van der Waals surface area contributed by atoms with Crippen LogP contribution in [0.15, 0.2) is 22.5 Å². The number of aliphatic imine (C=N–C) groups is 1. The van der Waals surface area contributed by atoms with Crippen molar-refractivity contribution in [1.29, 1.82) is 0 Å². The normalized spacial score (nSPS) is 15.8. The summed E-state index contributed by atoms with van der Waals surface area (Å²) in [5, 5.41) is 8.87. The lowest BCUT2D eigenvalue weighted by Crippen LogP contribution is -2.43. The Labute approximate surface area is 132 Å². The molecule has 5 heteroatoms. The zero-order valence-electron chi connectivity index (χ0n) is 13.4. The summed E-state index contributed by atoms with van der Waals surface area (Å²) in [6.45, 7) is 10.4. The van der Waals surface area contributed by atoms with Crippen LogP contribution >= 0.6 is 11.3 Å². The molecule has 4 nitrogen and oxygen atoms in total. The first-order valence-corrected chi connectivity index (χ1v) is 8.89. The van der Waals surface area contributed by atoms with E-state index in [1.54, 1.807) is 11.3 Å². The smallest absolute Gasteiger partial charge is 0.191 e. The summed E-state index contributed by atoms with van der Waals surface area (Å²) < 4.78 is 0. The number of hydrogen-bond acceptors (Lipinski definition) is 3. The molecule has 0 amide bonds. The minimum atomic E-state index is 0.630. The fraction of sp³-hybridized carbons (Fsp3) is 0.688. The molecule has 2 rings (SSSR count). The highest BCUT2D eigenvalue weighted by Crippen LogP contribution is 2.27. The monoisotopic (exact) mass is 308 g/mol. The van der Waals surface area contributed by atoms with Crippen molar-refractivity contribution in [2.75, 3.05) is 19.6 Å². The van der Waals surface area contributed by atoms with E-state index in [2.05, 4.69) is 58.8 Å². The molecule has 0 spiro atoms. The third kappa shape index (κ3) is 5.67. The Hall–Kier alpha value is -1.07. The molecule has 0 bridgehead atoms. The Morgan fingerprint density at radius 1 is 1.43 bits per heavy atom. The molecular formula is C16H28N4S. The maximum atomic E-state index is 4.64. The highest BCUT2D eigenvalue weighted by molar-refractivity contribution is 7.09. The number of nitrogens with zero attached hydrogens (tertiary/aromatic N) is 2. The van der Waals surface area contributed by atoms with Crippen LogP contribution in [0.1, 0.15) is 38.5 Å². The van der Waals surface area contributed by atoms with Crippen molar-refractivity contribution in [3.05, 3.63) is 22.4 Å². The van der Waals surface area contributed by atoms with Gasteiger partial charge >= 0.3 is 0 Å². The maximum Gasteiger partial charge on any atom is 0.191 e. The van der Waals surface area contributed by atoms with Gasteiger partial charge in [0.25, 0.3) is 0 Å². The number of thiophene rings is 1. The molecule has 0 unspecified atom stereocenters. The second-order valence-corrected chi connectivity index (χ2v) is 6.80. The Kier molecular flexibility index (Phi) is 6.51. The minimum Gasteiger partial charge on any atom is -0.357 e. The van der Waals surface area contributed by atoms with Crippen molar-refractivity contribution >= 4 is 17.3 Å². The van der Waals surface area contributed by atoms with Gasteiger partial charge in [0.05, 0.1) is 6.54 Å². The molecule has 118 valence electrons. The van der Waals surface area contributed by atoms with Crippen molar-refractivity contribution in [2.45, 2.75) is 52.2 Å². The SMILES string of the molecule is CCNC(=NCc1cccs1)NCCN(C(C)C)C1CC1. The molecule has 0 saturated heterocycles. The summed E-state index contributed by atoms with van der Waals surface area (Å²) in [6.07, 6.45) is 2.73. The van der Waals surface area contributed by atoms with Crippen molar-refractivity contribution in [1.82, 2.24) is 15.5 Å². The number of hydrogen-bond donors (Lipinski definition) is 2. The van der Waals surface area contributed by atoms with Crippen LogP contribution in [0.25, 0.3) is 0 Å². The van der Waals surface area contributed by atoms with Crippen molar-refractivity contribution in [3.63, 3.8) is 0 Å². The first-order valence-electron chi connectivity index (χ1n) is 8.01. The highest BCUT2D eigenvalue weighted by Gasteiger charge is 2.29. The van der Waals surface area contributed by atoms with Gasteiger partial charge in [0, 0.05) is 36.6 Å². The van der Waals surface area contributed by atoms with Gasteiger partial charge in [-0.1, -0.05) is 6.07 Å². The zero-order valence-corrected chi connectivity index (χ0v) is 14.2. The molecule has 0 radical (unpaired) electrons. The Balaban J connectivity index is 1.77. The van der Waals surface area contributed by atoms with Crippen LogP contribution in [0.2, 0.25) is 0 Å². The Morgan fingerprint density at radius 3 is 2.81 bits per heavy atom. The van der Waals surface area contributed by atoms with E-state index in [0.29, 0.717) is 6.04 Å². The quantitative estimate of drug-likeness (QED) is 0.573. The van der Waals surface area contributed by atoms with E-state index in [1.165, 1.54) is 17.7 Å². The van der Waals surface area contributed by atoms with Gasteiger partial charge in [0.1, 0.15) is 0 Å². The van der Waals surface area contributed by atoms with Gasteiger partial charge in [0.15, 0.2) is 5.96 Å². The molecule has 21 heavy (non-hydrogen) atoms. The third-order valence-electron chi connectivity index (χ3n) is 3.66. The van der Waals surface area contributed by atoms with Crippen LogP contribution < -0.4 is 10.6 Å². The van der Waals surface area contributed by atoms with Gasteiger partial charge < -0.3 is 10.6 Å². The first-order chi connectivity index (χ1) is 10.2. The number of guanidine groups is 1. The lowest BCUT2D eigenvalue weighted by molar-refractivity contribution is 0.215. The molecule has 1 aromatic heterocycles. The third-order valence-corrected chi connectivity index (χ3v) is 4.52. The van der Waals surface area contributed by atoms with Crippen LogP contribution in [-0.4, -0.2) is 42.6 Å². The Morgan fingerprint density at radius 2 is 2.24 bits per heavy atom. The van der Waals surface area contributed by atoms with Crippen molar-refractivity contribution < 1.29 is 0 Å². The van der Waals surface area contributed by atoms with Crippen LogP contribution in [-0.2, 0) is 6.54 Å². The van der Waals surface area contributed by atoms with Crippen molar-refractivity contribution in [3.8, 4) is 0 Å². The second kappa shape index (κ2) is 8.39. The molecule has 0 aromatic carbocycles. The summed E-state index contributed by atoms with van der Waals surface area (Å²) in [7, 11) is 0. The number of nitrogens with one attached hydrogen (secondary N) is 2. The van der Waals surface area contributed by atoms with Crippen molar-refractivity contribution in [2.24, 2.45) is 4.99 Å². The highest BCUT2D eigenvalue weighted by atomic mass is 32.1. The predicted molar refractivity (Wildman–Crippen MR) is 92.0 cm³/mol. The topological polar surface area (TPSA) is 39.7 Å². The van der Waals surface area contributed by atoms with E-state index >= 15 is 0 Å². The van der Waals surface area contributed by atoms with Crippen LogP contribution in [0.3, 0.4) is 0 Å². The van der Waals surface area contributed by atoms with E-state index in [9.17, 15) is 0 Å². The summed E-state index contributed by atoms with van der Waals surface area (Å²) in [6, 6.07) is 5.65. The standard InChI is InChI=1S/C16H28N4S/c1-4-17-16(19-12-15-6-5-11-21-15)18-9-10-20(13(2)3)14-7-8-14/h5-6,11,13-14H,4,7-10,12H2,1-3H3,(H2,17,18,19). The average molecular weight is 308 g/mol. The van der Waals surface area contributed by atoms with E-state index in [1.807, 2.05) is 0 Å². The zero-order chi connectivity index (χ0) is 15.1. The molecular weight excluding hydrogens is 280 g/mol. The van der Waals surface area contributed by atoms with Crippen LogP contribution in [0.5, 0.6) is 0 Å². The van der Waals surface area contributed by atoms with E-state index in [-0.39, 0.29) is 0 Å². The van der Waals surface area contributed by atoms with Gasteiger partial charge in [-0.15, -0.1) is 11.3 Å². The summed E-state index contributed by atoms with van der Waals surface area (Å²) in [4.78, 5) is 8.54. The summed E-state index contributed by atoms with van der Waals surface area (Å²) in [5.41, 5.74) is 0. The maximum absolute atomic E-state index is 4.64. The predicted octanol–water partition coefficient (Wildman–Crippen LogP) is 2.68. The summed E-state index contributed by atoms with van der Waals surface area (Å²) in [5.74, 6) is 0.922. The second-order valence-electron chi connectivity index (χ2n) is 5.76. The lowest BCUT2D eigenvalue weighted by atomic mass is 10.3. The summed E-state index contributed by atoms with van der Waals surface area (Å²) >= 11 is 1.76. The van der Waals surface area contributed by atoms with Gasteiger partial charge in [0.2, 0.25) is 0 Å². The molecule has 1 saturated carbocycles. The Bertz CT molecular complexity index is 421. The van der Waals surface area contributed by atoms with Gasteiger partial charge in [-0.2, -0.15) is 0 Å². The molecule has 0 atom stereocenters. The van der Waals surface area contributed by atoms with Crippen LogP contribution in [0, 0.1) is 0 Å². The molecule has 0 aliphatic heterocycles.